The Labute approximate surface area is 101 Å². The maximum atomic E-state index is 8.11. The van der Waals surface area contributed by atoms with Crippen LogP contribution in [0.5, 0.6) is 0 Å². The molecule has 3 rings (SSSR count). The van der Waals surface area contributed by atoms with Crippen LogP contribution in [0.1, 0.15) is 28.0 Å². The Bertz CT molecular complexity index is 626. The number of allylic oxidation sites excluding steroid dienone is 1. The van der Waals surface area contributed by atoms with E-state index < -0.39 is 42.3 Å². The van der Waals surface area contributed by atoms with E-state index in [1.165, 1.54) is 0 Å². The van der Waals surface area contributed by atoms with Crippen molar-refractivity contribution < 1.29 is 14.3 Å². The smallest absolute Gasteiger partial charge is 0.0720 e. The van der Waals surface area contributed by atoms with E-state index in [1.807, 2.05) is 6.08 Å². The Kier molecular flexibility index (Phi) is 1.13. The lowest BCUT2D eigenvalue weighted by Gasteiger charge is -2.18. The molecule has 15 heavy (non-hydrogen) atoms. The van der Waals surface area contributed by atoms with Gasteiger partial charge in [0.25, 0.3) is 0 Å². The van der Waals surface area contributed by atoms with E-state index in [2.05, 4.69) is 6.08 Å². The normalized spacial score (nSPS) is 40.0. The Hall–Kier alpha value is -1.08. The standard InChI is InChI=1S/C14H16O/c1-2-4-11(5-3-1)10-15-14-9-12-6-7-13(14)8-12/h1-7,12-14H,8-10H2/t12-,13+,14+/m0/s1/i1D,2D,3D,4D,5D,10D2. The second-order valence-electron chi connectivity index (χ2n) is 4.04. The van der Waals surface area contributed by atoms with Crippen molar-refractivity contribution in [3.8, 4) is 0 Å². The fraction of sp³-hybridized carbons (Fsp3) is 0.429. The molecule has 3 atom stereocenters. The van der Waals surface area contributed by atoms with E-state index in [0.29, 0.717) is 12.3 Å². The van der Waals surface area contributed by atoms with E-state index in [1.54, 1.807) is 0 Å². The van der Waals surface area contributed by atoms with Crippen molar-refractivity contribution in [2.75, 3.05) is 0 Å². The third kappa shape index (κ3) is 1.84. The Morgan fingerprint density at radius 1 is 1.27 bits per heavy atom. The molecule has 1 saturated carbocycles. The summed E-state index contributed by atoms with van der Waals surface area (Å²) in [5.41, 5.74) is -0.426. The van der Waals surface area contributed by atoms with E-state index in [4.69, 9.17) is 14.3 Å². The summed E-state index contributed by atoms with van der Waals surface area (Å²) >= 11 is 0. The molecule has 0 aliphatic heterocycles. The first kappa shape index (κ1) is 4.42. The average Bonchev–Trinajstić information content (AvgIpc) is 3.04. The highest BCUT2D eigenvalue weighted by molar-refractivity contribution is 5.14. The highest BCUT2D eigenvalue weighted by Crippen LogP contribution is 2.40. The molecule has 1 nitrogen and oxygen atoms in total. The molecule has 0 unspecified atom stereocenters. The van der Waals surface area contributed by atoms with E-state index in [0.717, 1.165) is 6.42 Å². The molecule has 78 valence electrons. The number of benzene rings is 1. The van der Waals surface area contributed by atoms with Crippen LogP contribution in [0.2, 0.25) is 0 Å². The minimum Gasteiger partial charge on any atom is -0.373 e. The molecule has 1 aromatic rings. The Morgan fingerprint density at radius 2 is 2.13 bits per heavy atom. The van der Waals surface area contributed by atoms with E-state index in [9.17, 15) is 0 Å². The van der Waals surface area contributed by atoms with Crippen LogP contribution < -0.4 is 0 Å². The summed E-state index contributed by atoms with van der Waals surface area (Å²) in [6.07, 6.45) is 5.44. The summed E-state index contributed by atoms with van der Waals surface area (Å²) in [6.45, 7) is -2.42. The maximum Gasteiger partial charge on any atom is 0.0720 e. The molecule has 0 spiro atoms. The predicted octanol–water partition coefficient (Wildman–Crippen LogP) is 3.17. The SMILES string of the molecule is [2H]c1c([2H])c([2H])c(C([2H])([2H])O[C@@H]2C[C@H]3C=C[C@@H]2C3)c([2H])c1[2H]. The molecule has 1 heteroatoms. The average molecular weight is 207 g/mol. The zero-order chi connectivity index (χ0) is 16.2. The predicted molar refractivity (Wildman–Crippen MR) is 60.4 cm³/mol. The number of rotatable bonds is 3. The second kappa shape index (κ2) is 3.82. The van der Waals surface area contributed by atoms with Crippen molar-refractivity contribution >= 4 is 0 Å². The van der Waals surface area contributed by atoms with Crippen molar-refractivity contribution in [1.82, 2.24) is 0 Å². The molecule has 0 amide bonds. The Morgan fingerprint density at radius 3 is 2.80 bits per heavy atom. The van der Waals surface area contributed by atoms with Gasteiger partial charge < -0.3 is 4.74 Å². The van der Waals surface area contributed by atoms with Gasteiger partial charge in [0, 0.05) is 5.92 Å². The van der Waals surface area contributed by atoms with Crippen LogP contribution in [-0.4, -0.2) is 6.10 Å². The molecule has 0 aromatic heterocycles. The molecule has 2 aliphatic carbocycles. The lowest BCUT2D eigenvalue weighted by molar-refractivity contribution is 0.0245. The van der Waals surface area contributed by atoms with Gasteiger partial charge in [0.1, 0.15) is 0 Å². The van der Waals surface area contributed by atoms with Gasteiger partial charge in [-0.3, -0.25) is 0 Å². The highest BCUT2D eigenvalue weighted by atomic mass is 16.5. The number of fused-ring (bicyclic) bond motifs is 2. The van der Waals surface area contributed by atoms with Crippen LogP contribution in [0.4, 0.5) is 0 Å². The number of hydrogen-bond acceptors (Lipinski definition) is 1. The van der Waals surface area contributed by atoms with Gasteiger partial charge in [-0.15, -0.1) is 0 Å². The van der Waals surface area contributed by atoms with Crippen LogP contribution >= 0.6 is 0 Å². The van der Waals surface area contributed by atoms with Crippen LogP contribution in [0.15, 0.2) is 42.4 Å². The van der Waals surface area contributed by atoms with Crippen LogP contribution in [-0.2, 0) is 11.3 Å². The summed E-state index contributed by atoms with van der Waals surface area (Å²) in [7, 11) is 0. The molecular weight excluding hydrogens is 184 g/mol. The van der Waals surface area contributed by atoms with Crippen molar-refractivity contribution in [1.29, 1.82) is 0 Å². The molecule has 0 heterocycles. The summed E-state index contributed by atoms with van der Waals surface area (Å²) in [6, 6.07) is -2.71. The zero-order valence-electron chi connectivity index (χ0n) is 15.2. The summed E-state index contributed by atoms with van der Waals surface area (Å²) < 4.78 is 60.3. The van der Waals surface area contributed by atoms with Crippen molar-refractivity contribution in [2.24, 2.45) is 11.8 Å². The molecule has 1 fully saturated rings. The maximum absolute atomic E-state index is 8.11. The lowest BCUT2D eigenvalue weighted by Crippen LogP contribution is -2.17. The Balaban J connectivity index is 1.97. The summed E-state index contributed by atoms with van der Waals surface area (Å²) in [5, 5.41) is 0. The van der Waals surface area contributed by atoms with E-state index in [-0.39, 0.29) is 12.0 Å². The topological polar surface area (TPSA) is 9.23 Å². The summed E-state index contributed by atoms with van der Waals surface area (Å²) in [5.74, 6) is 0.538. The fourth-order valence-electron chi connectivity index (χ4n) is 2.30. The van der Waals surface area contributed by atoms with Crippen LogP contribution in [0, 0.1) is 11.8 Å². The van der Waals surface area contributed by atoms with Gasteiger partial charge >= 0.3 is 0 Å². The van der Waals surface area contributed by atoms with Gasteiger partial charge in [-0.2, -0.15) is 0 Å². The fourth-order valence-corrected chi connectivity index (χ4v) is 2.30. The molecular formula is C14H16O. The number of ether oxygens (including phenoxy) is 1. The van der Waals surface area contributed by atoms with Gasteiger partial charge in [0.05, 0.1) is 22.3 Å². The van der Waals surface area contributed by atoms with Crippen molar-refractivity contribution in [2.45, 2.75) is 25.5 Å². The summed E-state index contributed by atoms with van der Waals surface area (Å²) in [4.78, 5) is 0. The lowest BCUT2D eigenvalue weighted by atomic mass is 10.0. The molecule has 2 aliphatic rings. The van der Waals surface area contributed by atoms with Crippen molar-refractivity contribution in [3.63, 3.8) is 0 Å². The molecule has 0 N–H and O–H groups in total. The van der Waals surface area contributed by atoms with Crippen LogP contribution in [0.25, 0.3) is 0 Å². The van der Waals surface area contributed by atoms with Gasteiger partial charge in [0.2, 0.25) is 0 Å². The van der Waals surface area contributed by atoms with Gasteiger partial charge in [0.15, 0.2) is 0 Å². The molecule has 0 radical (unpaired) electrons. The van der Waals surface area contributed by atoms with Gasteiger partial charge in [-0.25, -0.2) is 0 Å². The molecule has 2 bridgehead atoms. The van der Waals surface area contributed by atoms with Gasteiger partial charge in [-0.05, 0) is 24.3 Å². The monoisotopic (exact) mass is 207 g/mol. The largest absolute Gasteiger partial charge is 0.373 e. The van der Waals surface area contributed by atoms with Crippen molar-refractivity contribution in [3.05, 3.63) is 47.9 Å². The molecule has 1 aromatic carbocycles. The molecule has 0 saturated heterocycles. The number of hydrogen-bond donors (Lipinski definition) is 0. The first-order valence-electron chi connectivity index (χ1n) is 8.66. The van der Waals surface area contributed by atoms with Crippen LogP contribution in [0.3, 0.4) is 0 Å². The quantitative estimate of drug-likeness (QED) is 0.692. The first-order valence-corrected chi connectivity index (χ1v) is 5.16. The van der Waals surface area contributed by atoms with Gasteiger partial charge in [-0.1, -0.05) is 42.4 Å². The first-order chi connectivity index (χ1) is 10.2. The third-order valence-corrected chi connectivity index (χ3v) is 3.03. The minimum atomic E-state index is -2.42. The highest BCUT2D eigenvalue weighted by Gasteiger charge is 2.36. The third-order valence-electron chi connectivity index (χ3n) is 3.03. The van der Waals surface area contributed by atoms with E-state index >= 15 is 0 Å². The second-order valence-corrected chi connectivity index (χ2v) is 4.04. The minimum absolute atomic E-state index is 0.143. The zero-order valence-corrected chi connectivity index (χ0v) is 8.21.